The molecule has 4 aromatic rings. The maximum absolute atomic E-state index is 12.8. The molecule has 0 aliphatic carbocycles. The summed E-state index contributed by atoms with van der Waals surface area (Å²) in [5, 5.41) is 5.81. The maximum Gasteiger partial charge on any atom is 0.261 e. The number of rotatable bonds is 5. The topological polar surface area (TPSA) is 81.1 Å². The first-order valence-electron chi connectivity index (χ1n) is 9.35. The van der Waals surface area contributed by atoms with Crippen molar-refractivity contribution in [3.63, 3.8) is 0 Å². The lowest BCUT2D eigenvalue weighted by Crippen LogP contribution is -2.21. The van der Waals surface area contributed by atoms with Gasteiger partial charge in [-0.15, -0.1) is 0 Å². The lowest BCUT2D eigenvalue weighted by molar-refractivity contribution is -0.113. The van der Waals surface area contributed by atoms with Gasteiger partial charge in [0.1, 0.15) is 0 Å². The number of carbonyl (C=O) groups is 2. The van der Waals surface area contributed by atoms with Gasteiger partial charge in [0, 0.05) is 18.3 Å². The van der Waals surface area contributed by atoms with Crippen molar-refractivity contribution in [2.24, 2.45) is 7.05 Å². The van der Waals surface area contributed by atoms with Crippen LogP contribution >= 0.6 is 11.8 Å². The number of Topliss-reactive ketones (excluding diaryl/α,β-unsaturated/α-hetero) is 1. The molecule has 7 heteroatoms. The lowest BCUT2D eigenvalue weighted by Gasteiger charge is -2.10. The van der Waals surface area contributed by atoms with Gasteiger partial charge in [-0.3, -0.25) is 19.0 Å². The molecular weight excluding hydrogens is 398 g/mol. The van der Waals surface area contributed by atoms with E-state index in [0.29, 0.717) is 27.3 Å². The monoisotopic (exact) mass is 417 g/mol. The van der Waals surface area contributed by atoms with E-state index >= 15 is 0 Å². The van der Waals surface area contributed by atoms with Crippen LogP contribution in [0.5, 0.6) is 0 Å². The number of anilines is 1. The number of hydrogen-bond acceptors (Lipinski definition) is 5. The summed E-state index contributed by atoms with van der Waals surface area (Å²) in [6.07, 6.45) is 0. The predicted molar refractivity (Wildman–Crippen MR) is 120 cm³/mol. The normalized spacial score (nSPS) is 11.0. The van der Waals surface area contributed by atoms with Crippen LogP contribution in [0.2, 0.25) is 0 Å². The van der Waals surface area contributed by atoms with Crippen LogP contribution in [0.3, 0.4) is 0 Å². The fourth-order valence-corrected chi connectivity index (χ4v) is 3.95. The van der Waals surface area contributed by atoms with Crippen LogP contribution in [0.4, 0.5) is 5.69 Å². The first-order valence-corrected chi connectivity index (χ1v) is 10.3. The molecule has 0 spiro atoms. The van der Waals surface area contributed by atoms with Crippen molar-refractivity contribution in [1.29, 1.82) is 0 Å². The van der Waals surface area contributed by atoms with Crippen LogP contribution in [0.1, 0.15) is 17.3 Å². The molecule has 30 heavy (non-hydrogen) atoms. The summed E-state index contributed by atoms with van der Waals surface area (Å²) in [5.74, 6) is -0.142. The Balaban J connectivity index is 1.53. The van der Waals surface area contributed by atoms with E-state index in [-0.39, 0.29) is 23.0 Å². The summed E-state index contributed by atoms with van der Waals surface area (Å²) in [7, 11) is 1.66. The zero-order valence-corrected chi connectivity index (χ0v) is 17.3. The van der Waals surface area contributed by atoms with Gasteiger partial charge in [0.05, 0.1) is 16.7 Å². The molecule has 0 fully saturated rings. The summed E-state index contributed by atoms with van der Waals surface area (Å²) in [5.41, 5.74) is 1.66. The first kappa shape index (κ1) is 19.8. The van der Waals surface area contributed by atoms with Crippen molar-refractivity contribution in [2.75, 3.05) is 11.1 Å². The van der Waals surface area contributed by atoms with Crippen LogP contribution < -0.4 is 10.9 Å². The first-order chi connectivity index (χ1) is 14.4. The summed E-state index contributed by atoms with van der Waals surface area (Å²) in [6.45, 7) is 1.49. The van der Waals surface area contributed by atoms with Gasteiger partial charge in [0.2, 0.25) is 5.91 Å². The quantitative estimate of drug-likeness (QED) is 0.230. The fraction of sp³-hybridized carbons (Fsp3) is 0.130. The van der Waals surface area contributed by atoms with E-state index in [1.54, 1.807) is 31.3 Å². The van der Waals surface area contributed by atoms with Gasteiger partial charge >= 0.3 is 0 Å². The molecule has 1 heterocycles. The van der Waals surface area contributed by atoms with Crippen molar-refractivity contribution in [1.82, 2.24) is 9.55 Å². The highest BCUT2D eigenvalue weighted by molar-refractivity contribution is 7.99. The number of nitrogens with one attached hydrogen (secondary N) is 1. The summed E-state index contributed by atoms with van der Waals surface area (Å²) >= 11 is 1.20. The minimum atomic E-state index is -0.219. The Morgan fingerprint density at radius 2 is 1.70 bits per heavy atom. The minimum absolute atomic E-state index is 0.0282. The van der Waals surface area contributed by atoms with Crippen LogP contribution in [-0.4, -0.2) is 27.0 Å². The molecule has 0 bridgehead atoms. The average molecular weight is 417 g/mol. The molecule has 0 saturated carbocycles. The lowest BCUT2D eigenvalue weighted by atomic mass is 10.1. The van der Waals surface area contributed by atoms with Crippen molar-refractivity contribution >= 4 is 50.8 Å². The standard InChI is InChI=1S/C23H19N3O3S/c1-14(27)15-7-9-18(10-8-15)24-21(28)13-30-23-25-20-12-17-6-4-3-5-16(17)11-19(20)22(29)26(23)2/h3-12H,13H2,1-2H3,(H,24,28). The van der Waals surface area contributed by atoms with Gasteiger partial charge in [-0.05, 0) is 54.1 Å². The Morgan fingerprint density at radius 1 is 1.03 bits per heavy atom. The molecule has 6 nitrogen and oxygen atoms in total. The zero-order chi connectivity index (χ0) is 21.3. The van der Waals surface area contributed by atoms with E-state index in [9.17, 15) is 14.4 Å². The molecular formula is C23H19N3O3S. The Hall–Kier alpha value is -3.45. The molecule has 1 aromatic heterocycles. The van der Waals surface area contributed by atoms with Crippen LogP contribution in [0.15, 0.2) is 70.6 Å². The number of ketones is 1. The Morgan fingerprint density at radius 3 is 2.37 bits per heavy atom. The summed E-state index contributed by atoms with van der Waals surface area (Å²) < 4.78 is 1.47. The smallest absolute Gasteiger partial charge is 0.261 e. The number of amides is 1. The Kier molecular flexibility index (Phi) is 5.37. The Labute approximate surface area is 176 Å². The minimum Gasteiger partial charge on any atom is -0.325 e. The third-order valence-corrected chi connectivity index (χ3v) is 5.84. The van der Waals surface area contributed by atoms with Gasteiger partial charge in [0.25, 0.3) is 5.56 Å². The highest BCUT2D eigenvalue weighted by Crippen LogP contribution is 2.22. The second kappa shape index (κ2) is 8.12. The second-order valence-electron chi connectivity index (χ2n) is 6.95. The molecule has 0 saturated heterocycles. The van der Waals surface area contributed by atoms with Crippen LogP contribution in [0, 0.1) is 0 Å². The van der Waals surface area contributed by atoms with E-state index in [0.717, 1.165) is 10.8 Å². The number of fused-ring (bicyclic) bond motifs is 2. The number of aromatic nitrogens is 2. The third-order valence-electron chi connectivity index (χ3n) is 4.81. The molecule has 0 unspecified atom stereocenters. The number of hydrogen-bond donors (Lipinski definition) is 1. The number of benzene rings is 3. The Bertz CT molecular complexity index is 1340. The van der Waals surface area contributed by atoms with E-state index < -0.39 is 0 Å². The van der Waals surface area contributed by atoms with Gasteiger partial charge in [0.15, 0.2) is 10.9 Å². The number of nitrogens with zero attached hydrogens (tertiary/aromatic N) is 2. The van der Waals surface area contributed by atoms with Gasteiger partial charge in [-0.2, -0.15) is 0 Å². The van der Waals surface area contributed by atoms with Crippen LogP contribution in [-0.2, 0) is 11.8 Å². The fourth-order valence-electron chi connectivity index (χ4n) is 3.18. The zero-order valence-electron chi connectivity index (χ0n) is 16.5. The largest absolute Gasteiger partial charge is 0.325 e. The van der Waals surface area contributed by atoms with E-state index in [1.165, 1.54) is 23.3 Å². The van der Waals surface area contributed by atoms with Gasteiger partial charge < -0.3 is 5.32 Å². The SMILES string of the molecule is CC(=O)c1ccc(NC(=O)CSc2nc3cc4ccccc4cc3c(=O)n2C)cc1. The molecule has 150 valence electrons. The van der Waals surface area contributed by atoms with E-state index in [1.807, 2.05) is 36.4 Å². The average Bonchev–Trinajstić information content (AvgIpc) is 2.74. The van der Waals surface area contributed by atoms with E-state index in [2.05, 4.69) is 10.3 Å². The van der Waals surface area contributed by atoms with Gasteiger partial charge in [-0.25, -0.2) is 4.98 Å². The van der Waals surface area contributed by atoms with Crippen molar-refractivity contribution in [3.05, 3.63) is 76.6 Å². The van der Waals surface area contributed by atoms with E-state index in [4.69, 9.17) is 0 Å². The third kappa shape index (κ3) is 3.97. The van der Waals surface area contributed by atoms with Gasteiger partial charge in [-0.1, -0.05) is 36.0 Å². The highest BCUT2D eigenvalue weighted by atomic mass is 32.2. The molecule has 0 aliphatic heterocycles. The molecule has 3 aromatic carbocycles. The molecule has 1 N–H and O–H groups in total. The number of carbonyl (C=O) groups excluding carboxylic acids is 2. The summed E-state index contributed by atoms with van der Waals surface area (Å²) in [6, 6.07) is 18.3. The van der Waals surface area contributed by atoms with Crippen molar-refractivity contribution in [2.45, 2.75) is 12.1 Å². The molecule has 4 rings (SSSR count). The summed E-state index contributed by atoms with van der Waals surface area (Å²) in [4.78, 5) is 41.1. The molecule has 0 atom stereocenters. The maximum atomic E-state index is 12.8. The second-order valence-corrected chi connectivity index (χ2v) is 7.89. The molecule has 0 aliphatic rings. The molecule has 1 amide bonds. The predicted octanol–water partition coefficient (Wildman–Crippen LogP) is 4.02. The number of thioether (sulfide) groups is 1. The molecule has 0 radical (unpaired) electrons. The van der Waals surface area contributed by atoms with Crippen LogP contribution in [0.25, 0.3) is 21.7 Å². The van der Waals surface area contributed by atoms with Crippen molar-refractivity contribution < 1.29 is 9.59 Å². The highest BCUT2D eigenvalue weighted by Gasteiger charge is 2.12. The van der Waals surface area contributed by atoms with Crippen molar-refractivity contribution in [3.8, 4) is 0 Å².